The first-order valence-electron chi connectivity index (χ1n) is 6.45. The van der Waals surface area contributed by atoms with E-state index in [1.165, 1.54) is 6.07 Å². The van der Waals surface area contributed by atoms with Crippen LogP contribution in [0.15, 0.2) is 48.8 Å². The normalized spacial score (nSPS) is 10.6. The fourth-order valence-electron chi connectivity index (χ4n) is 2.16. The van der Waals surface area contributed by atoms with Crippen molar-refractivity contribution < 1.29 is 4.39 Å². The molecule has 4 nitrogen and oxygen atoms in total. The zero-order chi connectivity index (χ0) is 14.8. The van der Waals surface area contributed by atoms with E-state index in [1.54, 1.807) is 37.5 Å². The zero-order valence-corrected chi connectivity index (χ0v) is 11.4. The summed E-state index contributed by atoms with van der Waals surface area (Å²) >= 11 is 0. The molecule has 2 aromatic heterocycles. The van der Waals surface area contributed by atoms with Gasteiger partial charge in [0.15, 0.2) is 0 Å². The van der Waals surface area contributed by atoms with Gasteiger partial charge in [0.1, 0.15) is 5.82 Å². The summed E-state index contributed by atoms with van der Waals surface area (Å²) in [6, 6.07) is 10.4. The molecule has 0 radical (unpaired) electrons. The van der Waals surface area contributed by atoms with Crippen LogP contribution in [0.25, 0.3) is 22.5 Å². The molecule has 0 fully saturated rings. The number of nitrogens with two attached hydrogens (primary N) is 1. The molecule has 0 saturated heterocycles. The molecule has 3 rings (SSSR count). The van der Waals surface area contributed by atoms with Crippen molar-refractivity contribution in [3.05, 3.63) is 60.2 Å². The molecule has 0 saturated carbocycles. The molecule has 0 aliphatic carbocycles. The van der Waals surface area contributed by atoms with Crippen LogP contribution in [-0.2, 0) is 0 Å². The summed E-state index contributed by atoms with van der Waals surface area (Å²) in [6.45, 7) is 1.73. The minimum Gasteiger partial charge on any atom is -0.368 e. The summed E-state index contributed by atoms with van der Waals surface area (Å²) in [5.41, 5.74) is 9.30. The third-order valence-electron chi connectivity index (χ3n) is 3.19. The van der Waals surface area contributed by atoms with Crippen molar-refractivity contribution in [1.29, 1.82) is 0 Å². The van der Waals surface area contributed by atoms with Gasteiger partial charge in [-0.1, -0.05) is 0 Å². The number of pyridine rings is 1. The largest absolute Gasteiger partial charge is 0.368 e. The first-order chi connectivity index (χ1) is 10.1. The van der Waals surface area contributed by atoms with Crippen LogP contribution in [0.5, 0.6) is 0 Å². The van der Waals surface area contributed by atoms with Gasteiger partial charge in [-0.05, 0) is 48.9 Å². The van der Waals surface area contributed by atoms with Gasteiger partial charge in [-0.15, -0.1) is 0 Å². The van der Waals surface area contributed by atoms with E-state index in [4.69, 9.17) is 5.73 Å². The van der Waals surface area contributed by atoms with Gasteiger partial charge in [-0.2, -0.15) is 0 Å². The maximum absolute atomic E-state index is 13.4. The first kappa shape index (κ1) is 13.2. The van der Waals surface area contributed by atoms with Crippen LogP contribution in [0, 0.1) is 12.7 Å². The summed E-state index contributed by atoms with van der Waals surface area (Å²) in [4.78, 5) is 12.5. The van der Waals surface area contributed by atoms with Crippen LogP contribution in [0.3, 0.4) is 0 Å². The lowest BCUT2D eigenvalue weighted by Crippen LogP contribution is -1.97. The molecular formula is C16H13FN4. The number of aromatic nitrogens is 3. The van der Waals surface area contributed by atoms with E-state index in [2.05, 4.69) is 15.0 Å². The van der Waals surface area contributed by atoms with E-state index in [0.717, 1.165) is 16.8 Å². The van der Waals surface area contributed by atoms with Gasteiger partial charge >= 0.3 is 0 Å². The van der Waals surface area contributed by atoms with Crippen LogP contribution in [0.4, 0.5) is 10.3 Å². The van der Waals surface area contributed by atoms with Gasteiger partial charge in [-0.3, -0.25) is 4.98 Å². The highest BCUT2D eigenvalue weighted by molar-refractivity contribution is 5.79. The zero-order valence-electron chi connectivity index (χ0n) is 11.4. The number of rotatable bonds is 2. The molecule has 1 aromatic carbocycles. The number of aryl methyl sites for hydroxylation is 1. The van der Waals surface area contributed by atoms with Gasteiger partial charge < -0.3 is 5.73 Å². The summed E-state index contributed by atoms with van der Waals surface area (Å²) in [5.74, 6) is -0.0277. The molecule has 5 heteroatoms. The van der Waals surface area contributed by atoms with E-state index in [1.807, 2.05) is 12.1 Å². The van der Waals surface area contributed by atoms with Crippen molar-refractivity contribution in [2.24, 2.45) is 0 Å². The van der Waals surface area contributed by atoms with Crippen molar-refractivity contribution in [3.8, 4) is 22.5 Å². The van der Waals surface area contributed by atoms with E-state index >= 15 is 0 Å². The second-order valence-electron chi connectivity index (χ2n) is 4.66. The Morgan fingerprint density at radius 1 is 1.05 bits per heavy atom. The SMILES string of the molecule is Cc1cc(-c2ncccc2-c2ccnc(N)n2)ccc1F. The number of anilines is 1. The molecule has 0 aliphatic rings. The number of hydrogen-bond donors (Lipinski definition) is 1. The van der Waals surface area contributed by atoms with Crippen LogP contribution in [0.1, 0.15) is 5.56 Å². The van der Waals surface area contributed by atoms with Crippen LogP contribution in [-0.4, -0.2) is 15.0 Å². The van der Waals surface area contributed by atoms with Crippen molar-refractivity contribution in [2.45, 2.75) is 6.92 Å². The maximum Gasteiger partial charge on any atom is 0.220 e. The van der Waals surface area contributed by atoms with Gasteiger partial charge in [0.25, 0.3) is 0 Å². The smallest absolute Gasteiger partial charge is 0.220 e. The summed E-state index contributed by atoms with van der Waals surface area (Å²) in [7, 11) is 0. The molecule has 21 heavy (non-hydrogen) atoms. The fourth-order valence-corrected chi connectivity index (χ4v) is 2.16. The highest BCUT2D eigenvalue weighted by Crippen LogP contribution is 2.29. The van der Waals surface area contributed by atoms with E-state index in [0.29, 0.717) is 11.3 Å². The Morgan fingerprint density at radius 2 is 1.90 bits per heavy atom. The van der Waals surface area contributed by atoms with Crippen LogP contribution in [0.2, 0.25) is 0 Å². The monoisotopic (exact) mass is 280 g/mol. The molecule has 2 heterocycles. The summed E-state index contributed by atoms with van der Waals surface area (Å²) < 4.78 is 13.4. The molecule has 0 atom stereocenters. The number of nitrogen functional groups attached to an aromatic ring is 1. The van der Waals surface area contributed by atoms with Crippen molar-refractivity contribution in [1.82, 2.24) is 15.0 Å². The van der Waals surface area contributed by atoms with E-state index < -0.39 is 0 Å². The number of nitrogens with zero attached hydrogens (tertiary/aromatic N) is 3. The van der Waals surface area contributed by atoms with Gasteiger partial charge in [0.05, 0.1) is 11.4 Å². The minimum atomic E-state index is -0.234. The number of halogens is 1. The quantitative estimate of drug-likeness (QED) is 0.782. The van der Waals surface area contributed by atoms with Gasteiger partial charge in [-0.25, -0.2) is 14.4 Å². The standard InChI is InChI=1S/C16H13FN4/c1-10-9-11(4-5-13(10)17)15-12(3-2-7-19-15)14-6-8-20-16(18)21-14/h2-9H,1H3,(H2,18,20,21). The van der Waals surface area contributed by atoms with E-state index in [9.17, 15) is 4.39 Å². The Kier molecular flexibility index (Phi) is 3.31. The molecule has 0 bridgehead atoms. The van der Waals surface area contributed by atoms with Gasteiger partial charge in [0.2, 0.25) is 5.95 Å². The Labute approximate surface area is 121 Å². The lowest BCUT2D eigenvalue weighted by atomic mass is 10.0. The molecule has 0 spiro atoms. The first-order valence-corrected chi connectivity index (χ1v) is 6.45. The van der Waals surface area contributed by atoms with Gasteiger partial charge in [0, 0.05) is 23.5 Å². The molecule has 104 valence electrons. The Balaban J connectivity index is 2.18. The lowest BCUT2D eigenvalue weighted by Gasteiger charge is -2.09. The van der Waals surface area contributed by atoms with Crippen molar-refractivity contribution >= 4 is 5.95 Å². The Morgan fingerprint density at radius 3 is 2.67 bits per heavy atom. The lowest BCUT2D eigenvalue weighted by molar-refractivity contribution is 0.619. The van der Waals surface area contributed by atoms with Crippen molar-refractivity contribution in [2.75, 3.05) is 5.73 Å². The summed E-state index contributed by atoms with van der Waals surface area (Å²) in [6.07, 6.45) is 3.30. The molecule has 2 N–H and O–H groups in total. The Bertz CT molecular complexity index is 802. The number of benzene rings is 1. The third kappa shape index (κ3) is 2.58. The van der Waals surface area contributed by atoms with Crippen LogP contribution >= 0.6 is 0 Å². The molecule has 0 aliphatic heterocycles. The summed E-state index contributed by atoms with van der Waals surface area (Å²) in [5, 5.41) is 0. The predicted molar refractivity (Wildman–Crippen MR) is 79.8 cm³/mol. The van der Waals surface area contributed by atoms with Crippen LogP contribution < -0.4 is 5.73 Å². The maximum atomic E-state index is 13.4. The number of hydrogen-bond acceptors (Lipinski definition) is 4. The second-order valence-corrected chi connectivity index (χ2v) is 4.66. The highest BCUT2D eigenvalue weighted by Gasteiger charge is 2.11. The molecular weight excluding hydrogens is 267 g/mol. The van der Waals surface area contributed by atoms with Crippen molar-refractivity contribution in [3.63, 3.8) is 0 Å². The molecule has 0 unspecified atom stereocenters. The highest BCUT2D eigenvalue weighted by atomic mass is 19.1. The average molecular weight is 280 g/mol. The fraction of sp³-hybridized carbons (Fsp3) is 0.0625. The molecule has 0 amide bonds. The predicted octanol–water partition coefficient (Wildman–Crippen LogP) is 3.24. The van der Waals surface area contributed by atoms with E-state index in [-0.39, 0.29) is 11.8 Å². The Hall–Kier alpha value is -2.82. The minimum absolute atomic E-state index is 0.206. The average Bonchev–Trinajstić information content (AvgIpc) is 2.50. The third-order valence-corrected chi connectivity index (χ3v) is 3.19. The molecule has 3 aromatic rings. The topological polar surface area (TPSA) is 64.7 Å². The second kappa shape index (κ2) is 5.28.